The Labute approximate surface area is 156 Å². The number of halogens is 1. The van der Waals surface area contributed by atoms with Crippen molar-refractivity contribution in [3.8, 4) is 11.4 Å². The Balaban J connectivity index is 1.73. The second-order valence-corrected chi connectivity index (χ2v) is 6.65. The SMILES string of the molecule is O=CNc1cc2cc3c(nc2cc1F)-c1cc2c(c(=O)n1C3)COC(=O)C2O. The number of amides is 1. The average molecular weight is 381 g/mol. The molecule has 8 nitrogen and oxygen atoms in total. The van der Waals surface area contributed by atoms with Crippen LogP contribution in [0.4, 0.5) is 10.1 Å². The molecule has 2 aliphatic heterocycles. The van der Waals surface area contributed by atoms with Crippen molar-refractivity contribution in [3.63, 3.8) is 0 Å². The molecule has 2 N–H and O–H groups in total. The summed E-state index contributed by atoms with van der Waals surface area (Å²) >= 11 is 0. The van der Waals surface area contributed by atoms with Gasteiger partial charge in [0.1, 0.15) is 12.4 Å². The minimum Gasteiger partial charge on any atom is -0.458 e. The molecule has 140 valence electrons. The first-order valence-corrected chi connectivity index (χ1v) is 8.43. The first-order valence-electron chi connectivity index (χ1n) is 8.43. The lowest BCUT2D eigenvalue weighted by molar-refractivity contribution is -0.157. The standard InChI is InChI=1S/C19H12FN3O5/c20-12-4-13-8(2-14(12)21-7-24)1-9-5-23-15(16(9)22-13)3-10-11(18(23)26)6-28-19(27)17(10)25/h1-4,7,17,25H,5-6H2,(H,21,24). The van der Waals surface area contributed by atoms with Crippen LogP contribution in [0.25, 0.3) is 22.3 Å². The number of fused-ring (bicyclic) bond motifs is 5. The Hall–Kier alpha value is -3.59. The van der Waals surface area contributed by atoms with Gasteiger partial charge in [-0.15, -0.1) is 0 Å². The summed E-state index contributed by atoms with van der Waals surface area (Å²) in [5.41, 5.74) is 2.13. The van der Waals surface area contributed by atoms with Crippen LogP contribution in [0.1, 0.15) is 22.8 Å². The molecule has 5 rings (SSSR count). The summed E-state index contributed by atoms with van der Waals surface area (Å²) in [7, 11) is 0. The molecule has 1 atom stereocenters. The van der Waals surface area contributed by atoms with Crippen LogP contribution < -0.4 is 10.9 Å². The van der Waals surface area contributed by atoms with Gasteiger partial charge in [-0.25, -0.2) is 14.2 Å². The Morgan fingerprint density at radius 1 is 1.29 bits per heavy atom. The Morgan fingerprint density at radius 3 is 2.89 bits per heavy atom. The van der Waals surface area contributed by atoms with Crippen LogP contribution in [-0.2, 0) is 27.5 Å². The van der Waals surface area contributed by atoms with E-state index in [0.717, 1.165) is 5.56 Å². The van der Waals surface area contributed by atoms with Crippen LogP contribution >= 0.6 is 0 Å². The van der Waals surface area contributed by atoms with Gasteiger partial charge in [0, 0.05) is 22.6 Å². The molecule has 0 aliphatic carbocycles. The van der Waals surface area contributed by atoms with Crippen LogP contribution in [0.2, 0.25) is 0 Å². The van der Waals surface area contributed by atoms with Gasteiger partial charge in [0.05, 0.1) is 34.7 Å². The van der Waals surface area contributed by atoms with Crippen LogP contribution in [0, 0.1) is 5.82 Å². The van der Waals surface area contributed by atoms with Gasteiger partial charge in [0.15, 0.2) is 6.10 Å². The molecule has 1 amide bonds. The van der Waals surface area contributed by atoms with Gasteiger partial charge < -0.3 is 19.7 Å². The van der Waals surface area contributed by atoms with Crippen LogP contribution in [0.15, 0.2) is 29.1 Å². The van der Waals surface area contributed by atoms with Crippen molar-refractivity contribution < 1.29 is 23.8 Å². The number of carbonyl (C=O) groups is 2. The first-order chi connectivity index (χ1) is 13.5. The number of hydrogen-bond donors (Lipinski definition) is 2. The monoisotopic (exact) mass is 381 g/mol. The largest absolute Gasteiger partial charge is 0.458 e. The number of carbonyl (C=O) groups excluding carboxylic acids is 2. The number of hydrogen-bond acceptors (Lipinski definition) is 6. The lowest BCUT2D eigenvalue weighted by Crippen LogP contribution is -2.32. The number of benzene rings is 1. The fourth-order valence-electron chi connectivity index (χ4n) is 3.73. The third-order valence-electron chi connectivity index (χ3n) is 5.08. The van der Waals surface area contributed by atoms with Gasteiger partial charge in [-0.3, -0.25) is 9.59 Å². The molecule has 2 aliphatic rings. The topological polar surface area (TPSA) is 111 Å². The molecular weight excluding hydrogens is 369 g/mol. The number of pyridine rings is 2. The van der Waals surface area contributed by atoms with Gasteiger partial charge in [0.25, 0.3) is 5.56 Å². The fraction of sp³-hybridized carbons (Fsp3) is 0.158. The van der Waals surface area contributed by atoms with Crippen molar-refractivity contribution in [2.45, 2.75) is 19.3 Å². The number of aliphatic hydroxyl groups excluding tert-OH is 1. The van der Waals surface area contributed by atoms with Crippen molar-refractivity contribution in [2.24, 2.45) is 0 Å². The maximum atomic E-state index is 14.1. The zero-order valence-electron chi connectivity index (χ0n) is 14.2. The number of nitrogens with zero attached hydrogens (tertiary/aromatic N) is 2. The van der Waals surface area contributed by atoms with E-state index in [0.29, 0.717) is 28.7 Å². The Bertz CT molecular complexity index is 1270. The highest BCUT2D eigenvalue weighted by Crippen LogP contribution is 2.35. The molecule has 0 fully saturated rings. The molecule has 0 saturated carbocycles. The average Bonchev–Trinajstić information content (AvgIpc) is 3.02. The minimum atomic E-state index is -1.53. The molecule has 1 aromatic carbocycles. The van der Waals surface area contributed by atoms with Crippen molar-refractivity contribution in [2.75, 3.05) is 5.32 Å². The second-order valence-electron chi connectivity index (χ2n) is 6.65. The second kappa shape index (κ2) is 5.70. The number of ether oxygens (including phenoxy) is 1. The van der Waals surface area contributed by atoms with Gasteiger partial charge in [-0.2, -0.15) is 0 Å². The van der Waals surface area contributed by atoms with E-state index in [4.69, 9.17) is 4.74 Å². The molecule has 1 unspecified atom stereocenters. The number of rotatable bonds is 2. The summed E-state index contributed by atoms with van der Waals surface area (Å²) in [5, 5.41) is 13.0. The first kappa shape index (κ1) is 16.6. The Morgan fingerprint density at radius 2 is 2.11 bits per heavy atom. The molecule has 0 radical (unpaired) electrons. The summed E-state index contributed by atoms with van der Waals surface area (Å²) in [6.07, 6.45) is -1.14. The highest BCUT2D eigenvalue weighted by Gasteiger charge is 2.33. The predicted molar refractivity (Wildman–Crippen MR) is 94.9 cm³/mol. The van der Waals surface area contributed by atoms with Crippen molar-refractivity contribution >= 4 is 29.0 Å². The van der Waals surface area contributed by atoms with Crippen molar-refractivity contribution in [1.82, 2.24) is 9.55 Å². The van der Waals surface area contributed by atoms with E-state index >= 15 is 0 Å². The zero-order chi connectivity index (χ0) is 19.6. The maximum Gasteiger partial charge on any atom is 0.340 e. The van der Waals surface area contributed by atoms with Gasteiger partial charge in [-0.1, -0.05) is 0 Å². The molecule has 28 heavy (non-hydrogen) atoms. The third kappa shape index (κ3) is 2.20. The van der Waals surface area contributed by atoms with E-state index in [1.54, 1.807) is 12.1 Å². The zero-order valence-corrected chi connectivity index (χ0v) is 14.2. The molecule has 2 aromatic heterocycles. The Kier molecular flexibility index (Phi) is 3.37. The smallest absolute Gasteiger partial charge is 0.340 e. The summed E-state index contributed by atoms with van der Waals surface area (Å²) in [5.74, 6) is -1.44. The van der Waals surface area contributed by atoms with Crippen LogP contribution in [-0.4, -0.2) is 27.0 Å². The van der Waals surface area contributed by atoms with E-state index in [1.165, 1.54) is 16.7 Å². The molecular formula is C19H12FN3O5. The highest BCUT2D eigenvalue weighted by atomic mass is 19.1. The predicted octanol–water partition coefficient (Wildman–Crippen LogP) is 1.22. The van der Waals surface area contributed by atoms with Crippen LogP contribution in [0.5, 0.6) is 0 Å². The summed E-state index contributed by atoms with van der Waals surface area (Å²) in [4.78, 5) is 39.6. The summed E-state index contributed by atoms with van der Waals surface area (Å²) in [6, 6.07) is 6.01. The number of cyclic esters (lactones) is 1. The quantitative estimate of drug-likeness (QED) is 0.399. The lowest BCUT2D eigenvalue weighted by Gasteiger charge is -2.21. The lowest BCUT2D eigenvalue weighted by atomic mass is 10.0. The van der Waals surface area contributed by atoms with Crippen molar-refractivity contribution in [3.05, 3.63) is 57.1 Å². The number of anilines is 1. The van der Waals surface area contributed by atoms with E-state index in [2.05, 4.69) is 10.3 Å². The number of esters is 1. The van der Waals surface area contributed by atoms with E-state index in [-0.39, 0.29) is 35.5 Å². The van der Waals surface area contributed by atoms with Gasteiger partial charge in [-0.05, 0) is 18.2 Å². The molecule has 3 aromatic rings. The molecule has 4 heterocycles. The summed E-state index contributed by atoms with van der Waals surface area (Å²) in [6.45, 7) is 0.0552. The maximum absolute atomic E-state index is 14.1. The van der Waals surface area contributed by atoms with Crippen LogP contribution in [0.3, 0.4) is 0 Å². The molecule has 0 bridgehead atoms. The van der Waals surface area contributed by atoms with E-state index < -0.39 is 17.9 Å². The normalized spacial score (nSPS) is 16.9. The van der Waals surface area contributed by atoms with Gasteiger partial charge >= 0.3 is 5.97 Å². The van der Waals surface area contributed by atoms with Crippen molar-refractivity contribution in [1.29, 1.82) is 0 Å². The minimum absolute atomic E-state index is 0.0335. The number of aliphatic hydroxyl groups is 1. The fourth-order valence-corrected chi connectivity index (χ4v) is 3.73. The molecule has 9 heteroatoms. The van der Waals surface area contributed by atoms with E-state index in [9.17, 15) is 23.9 Å². The summed E-state index contributed by atoms with van der Waals surface area (Å²) < 4.78 is 20.5. The number of aromatic nitrogens is 2. The molecule has 0 saturated heterocycles. The van der Waals surface area contributed by atoms with E-state index in [1.807, 2.05) is 0 Å². The molecule has 0 spiro atoms. The van der Waals surface area contributed by atoms with Gasteiger partial charge in [0.2, 0.25) is 6.41 Å². The third-order valence-corrected chi connectivity index (χ3v) is 5.08. The number of nitrogens with one attached hydrogen (secondary N) is 1. The highest BCUT2D eigenvalue weighted by molar-refractivity contribution is 5.89.